The molecule has 0 unspecified atom stereocenters. The Hall–Kier alpha value is -2.51. The monoisotopic (exact) mass is 386 g/mol. The minimum absolute atomic E-state index is 0.0455. The standard InChI is InChI=1S/C19H20ClFN6/c20-14-9-13(5-6-15(14)21)26-19-18-16(23-10-24-19)7-8-17(27-18)25-12-3-1-11(22)2-4-12/h5-12H,1-4,22H2,(H,25,27)(H,23,24,26). The van der Waals surface area contributed by atoms with Gasteiger partial charge in [-0.2, -0.15) is 0 Å². The molecule has 3 aromatic rings. The zero-order valence-corrected chi connectivity index (χ0v) is 15.4. The van der Waals surface area contributed by atoms with Crippen LogP contribution in [0, 0.1) is 5.82 Å². The molecule has 4 rings (SSSR count). The summed E-state index contributed by atoms with van der Waals surface area (Å²) >= 11 is 5.86. The number of aromatic nitrogens is 3. The summed E-state index contributed by atoms with van der Waals surface area (Å²) in [6.07, 6.45) is 5.57. The van der Waals surface area contributed by atoms with E-state index >= 15 is 0 Å². The van der Waals surface area contributed by atoms with E-state index in [0.29, 0.717) is 29.1 Å². The number of nitrogens with two attached hydrogens (primary N) is 1. The molecule has 140 valence electrons. The van der Waals surface area contributed by atoms with Crippen molar-refractivity contribution in [2.45, 2.75) is 37.8 Å². The minimum Gasteiger partial charge on any atom is -0.367 e. The van der Waals surface area contributed by atoms with Crippen molar-refractivity contribution in [3.05, 3.63) is 47.5 Å². The number of anilines is 3. The molecule has 0 radical (unpaired) electrons. The average molecular weight is 387 g/mol. The van der Waals surface area contributed by atoms with Crippen molar-refractivity contribution in [2.75, 3.05) is 10.6 Å². The summed E-state index contributed by atoms with van der Waals surface area (Å²) in [5.74, 6) is 0.849. The predicted molar refractivity (Wildman–Crippen MR) is 106 cm³/mol. The summed E-state index contributed by atoms with van der Waals surface area (Å²) in [5, 5.41) is 6.67. The molecule has 1 aliphatic carbocycles. The van der Waals surface area contributed by atoms with Gasteiger partial charge in [-0.15, -0.1) is 0 Å². The maximum Gasteiger partial charge on any atom is 0.160 e. The van der Waals surface area contributed by atoms with E-state index in [1.54, 1.807) is 6.07 Å². The van der Waals surface area contributed by atoms with Gasteiger partial charge in [-0.25, -0.2) is 19.3 Å². The van der Waals surface area contributed by atoms with Crippen LogP contribution < -0.4 is 16.4 Å². The fourth-order valence-electron chi connectivity index (χ4n) is 3.30. The van der Waals surface area contributed by atoms with Gasteiger partial charge in [0.1, 0.15) is 23.5 Å². The second-order valence-electron chi connectivity index (χ2n) is 6.80. The molecule has 0 aliphatic heterocycles. The smallest absolute Gasteiger partial charge is 0.160 e. The Balaban J connectivity index is 1.60. The van der Waals surface area contributed by atoms with Gasteiger partial charge in [0.25, 0.3) is 0 Å². The van der Waals surface area contributed by atoms with E-state index in [0.717, 1.165) is 37.0 Å². The van der Waals surface area contributed by atoms with Crippen LogP contribution in [0.15, 0.2) is 36.7 Å². The third-order valence-electron chi connectivity index (χ3n) is 4.79. The normalized spacial score (nSPS) is 19.8. The van der Waals surface area contributed by atoms with Crippen molar-refractivity contribution >= 4 is 40.0 Å². The number of rotatable bonds is 4. The number of hydrogen-bond donors (Lipinski definition) is 3. The maximum atomic E-state index is 13.4. The number of fused-ring (bicyclic) bond motifs is 1. The van der Waals surface area contributed by atoms with Gasteiger partial charge in [0, 0.05) is 17.8 Å². The molecule has 1 fully saturated rings. The lowest BCUT2D eigenvalue weighted by Crippen LogP contribution is -2.33. The van der Waals surface area contributed by atoms with Gasteiger partial charge in [-0.05, 0) is 56.0 Å². The molecule has 1 aliphatic rings. The molecule has 2 heterocycles. The fourth-order valence-corrected chi connectivity index (χ4v) is 3.48. The van der Waals surface area contributed by atoms with Crippen molar-refractivity contribution in [2.24, 2.45) is 5.73 Å². The van der Waals surface area contributed by atoms with Crippen LogP contribution in [0.25, 0.3) is 11.0 Å². The Morgan fingerprint density at radius 2 is 1.89 bits per heavy atom. The van der Waals surface area contributed by atoms with Crippen LogP contribution >= 0.6 is 11.6 Å². The highest BCUT2D eigenvalue weighted by molar-refractivity contribution is 6.31. The van der Waals surface area contributed by atoms with E-state index in [2.05, 4.69) is 25.6 Å². The Kier molecular flexibility index (Phi) is 5.05. The summed E-state index contributed by atoms with van der Waals surface area (Å²) in [7, 11) is 0. The van der Waals surface area contributed by atoms with Crippen LogP contribution in [0.2, 0.25) is 5.02 Å². The highest BCUT2D eigenvalue weighted by Gasteiger charge is 2.19. The third kappa shape index (κ3) is 4.09. The van der Waals surface area contributed by atoms with Gasteiger partial charge in [0.15, 0.2) is 5.82 Å². The lowest BCUT2D eigenvalue weighted by Gasteiger charge is -2.27. The van der Waals surface area contributed by atoms with E-state index < -0.39 is 5.82 Å². The van der Waals surface area contributed by atoms with Gasteiger partial charge in [-0.1, -0.05) is 11.6 Å². The van der Waals surface area contributed by atoms with E-state index in [4.69, 9.17) is 17.3 Å². The number of nitrogens with zero attached hydrogens (tertiary/aromatic N) is 3. The average Bonchev–Trinajstić information content (AvgIpc) is 2.67. The number of pyridine rings is 1. The molecule has 0 atom stereocenters. The summed E-state index contributed by atoms with van der Waals surface area (Å²) in [4.78, 5) is 13.2. The largest absolute Gasteiger partial charge is 0.367 e. The van der Waals surface area contributed by atoms with Gasteiger partial charge in [-0.3, -0.25) is 0 Å². The Morgan fingerprint density at radius 3 is 2.67 bits per heavy atom. The fraction of sp³-hybridized carbons (Fsp3) is 0.316. The molecule has 0 amide bonds. The summed E-state index contributed by atoms with van der Waals surface area (Å²) in [6.45, 7) is 0. The van der Waals surface area contributed by atoms with E-state index in [1.807, 2.05) is 12.1 Å². The number of benzene rings is 1. The molecule has 4 N–H and O–H groups in total. The van der Waals surface area contributed by atoms with Crippen molar-refractivity contribution in [1.82, 2.24) is 15.0 Å². The first-order chi connectivity index (χ1) is 13.1. The van der Waals surface area contributed by atoms with Gasteiger partial charge >= 0.3 is 0 Å². The molecule has 0 saturated heterocycles. The van der Waals surface area contributed by atoms with Gasteiger partial charge in [0.05, 0.1) is 10.5 Å². The van der Waals surface area contributed by atoms with Crippen LogP contribution in [0.4, 0.5) is 21.7 Å². The van der Waals surface area contributed by atoms with Gasteiger partial charge < -0.3 is 16.4 Å². The quantitative estimate of drug-likeness (QED) is 0.621. The van der Waals surface area contributed by atoms with Crippen LogP contribution in [0.5, 0.6) is 0 Å². The Bertz CT molecular complexity index is 958. The molecule has 0 bridgehead atoms. The zero-order chi connectivity index (χ0) is 18.8. The maximum absolute atomic E-state index is 13.4. The van der Waals surface area contributed by atoms with E-state index in [9.17, 15) is 4.39 Å². The zero-order valence-electron chi connectivity index (χ0n) is 14.6. The first kappa shape index (κ1) is 17.9. The summed E-state index contributed by atoms with van der Waals surface area (Å²) < 4.78 is 13.4. The van der Waals surface area contributed by atoms with Crippen LogP contribution in [0.1, 0.15) is 25.7 Å². The van der Waals surface area contributed by atoms with E-state index in [-0.39, 0.29) is 5.02 Å². The molecular weight excluding hydrogens is 367 g/mol. The summed E-state index contributed by atoms with van der Waals surface area (Å²) in [6, 6.07) is 8.92. The Morgan fingerprint density at radius 1 is 1.07 bits per heavy atom. The first-order valence-electron chi connectivity index (χ1n) is 8.94. The van der Waals surface area contributed by atoms with Crippen molar-refractivity contribution in [3.63, 3.8) is 0 Å². The van der Waals surface area contributed by atoms with Crippen molar-refractivity contribution < 1.29 is 4.39 Å². The highest BCUT2D eigenvalue weighted by Crippen LogP contribution is 2.27. The molecule has 6 nitrogen and oxygen atoms in total. The minimum atomic E-state index is -0.466. The topological polar surface area (TPSA) is 88.8 Å². The van der Waals surface area contributed by atoms with Crippen molar-refractivity contribution in [3.8, 4) is 0 Å². The molecule has 8 heteroatoms. The van der Waals surface area contributed by atoms with E-state index in [1.165, 1.54) is 18.5 Å². The SMILES string of the molecule is NC1CCC(Nc2ccc3ncnc(Nc4ccc(F)c(Cl)c4)c3n2)CC1. The second-order valence-corrected chi connectivity index (χ2v) is 7.20. The van der Waals surface area contributed by atoms with Crippen molar-refractivity contribution in [1.29, 1.82) is 0 Å². The second kappa shape index (κ2) is 7.62. The molecule has 0 spiro atoms. The highest BCUT2D eigenvalue weighted by atomic mass is 35.5. The number of hydrogen-bond acceptors (Lipinski definition) is 6. The first-order valence-corrected chi connectivity index (χ1v) is 9.32. The molecule has 2 aromatic heterocycles. The molecule has 1 aromatic carbocycles. The van der Waals surface area contributed by atoms with Crippen LogP contribution in [-0.4, -0.2) is 27.0 Å². The molecule has 27 heavy (non-hydrogen) atoms. The lowest BCUT2D eigenvalue weighted by atomic mass is 9.92. The van der Waals surface area contributed by atoms with Crippen LogP contribution in [0.3, 0.4) is 0 Å². The third-order valence-corrected chi connectivity index (χ3v) is 5.08. The van der Waals surface area contributed by atoms with Gasteiger partial charge in [0.2, 0.25) is 0 Å². The summed E-state index contributed by atoms with van der Waals surface area (Å²) in [5.41, 5.74) is 7.96. The van der Waals surface area contributed by atoms with Crippen LogP contribution in [-0.2, 0) is 0 Å². The Labute approximate surface area is 161 Å². The number of nitrogens with one attached hydrogen (secondary N) is 2. The predicted octanol–water partition coefficient (Wildman–Crippen LogP) is 4.24. The molecular formula is C19H20ClFN6. The lowest BCUT2D eigenvalue weighted by molar-refractivity contribution is 0.410. The number of halogens is 2. The molecule has 1 saturated carbocycles.